The zero-order valence-corrected chi connectivity index (χ0v) is 11.6. The first kappa shape index (κ1) is 14.3. The predicted octanol–water partition coefficient (Wildman–Crippen LogP) is 2.40. The van der Waals surface area contributed by atoms with Crippen LogP contribution in [0.5, 0.6) is 0 Å². The van der Waals surface area contributed by atoms with E-state index in [0.29, 0.717) is 13.0 Å². The van der Waals surface area contributed by atoms with E-state index in [4.69, 9.17) is 9.84 Å². The van der Waals surface area contributed by atoms with Crippen LogP contribution in [-0.2, 0) is 4.74 Å². The fourth-order valence-corrected chi connectivity index (χ4v) is 2.70. The van der Waals surface area contributed by atoms with Gasteiger partial charge in [-0.05, 0) is 25.7 Å². The smallest absolute Gasteiger partial charge is 0.410 e. The maximum atomic E-state index is 11.8. The summed E-state index contributed by atoms with van der Waals surface area (Å²) in [6, 6.07) is 0. The maximum absolute atomic E-state index is 11.8. The molecule has 1 rings (SSSR count). The highest BCUT2D eigenvalue weighted by Crippen LogP contribution is 2.34. The first-order valence-electron chi connectivity index (χ1n) is 6.25. The van der Waals surface area contributed by atoms with Gasteiger partial charge in [0.15, 0.2) is 0 Å². The lowest BCUT2D eigenvalue weighted by molar-refractivity contribution is 0.0962. The van der Waals surface area contributed by atoms with Gasteiger partial charge >= 0.3 is 6.09 Å². The Kier molecular flexibility index (Phi) is 4.07. The molecule has 1 atom stereocenters. The average molecular weight is 243 g/mol. The molecule has 0 aliphatic carbocycles. The molecule has 1 amide bonds. The van der Waals surface area contributed by atoms with Crippen LogP contribution in [0.1, 0.15) is 47.5 Å². The van der Waals surface area contributed by atoms with Crippen molar-refractivity contribution in [2.45, 2.75) is 59.1 Å². The summed E-state index contributed by atoms with van der Waals surface area (Å²) in [6.45, 7) is 11.3. The van der Waals surface area contributed by atoms with Gasteiger partial charge in [0, 0.05) is 18.6 Å². The summed E-state index contributed by atoms with van der Waals surface area (Å²) in [5, 5.41) is 8.88. The molecule has 0 bridgehead atoms. The lowest BCUT2D eigenvalue weighted by Crippen LogP contribution is -2.47. The minimum absolute atomic E-state index is 0.0610. The van der Waals surface area contributed by atoms with Gasteiger partial charge in [-0.1, -0.05) is 20.8 Å². The Hall–Kier alpha value is -0.770. The molecule has 1 N–H and O–H groups in total. The third-order valence-corrected chi connectivity index (χ3v) is 3.02. The molecule has 1 aliphatic rings. The van der Waals surface area contributed by atoms with Crippen LogP contribution in [-0.4, -0.2) is 40.9 Å². The van der Waals surface area contributed by atoms with Gasteiger partial charge in [-0.2, -0.15) is 0 Å². The lowest BCUT2D eigenvalue weighted by atomic mass is 9.81. The van der Waals surface area contributed by atoms with E-state index in [1.165, 1.54) is 0 Å². The van der Waals surface area contributed by atoms with Crippen molar-refractivity contribution in [3.63, 3.8) is 0 Å². The molecule has 17 heavy (non-hydrogen) atoms. The SMILES string of the molecule is CC(C)(C)CC(C)(C)N1CC(CCO)OC1=O. The quantitative estimate of drug-likeness (QED) is 0.825. The van der Waals surface area contributed by atoms with E-state index in [1.54, 1.807) is 4.90 Å². The summed E-state index contributed by atoms with van der Waals surface area (Å²) in [5.41, 5.74) is -0.0433. The minimum atomic E-state index is -0.252. The number of hydrogen-bond donors (Lipinski definition) is 1. The van der Waals surface area contributed by atoms with E-state index in [9.17, 15) is 4.79 Å². The highest BCUT2D eigenvalue weighted by atomic mass is 16.6. The van der Waals surface area contributed by atoms with Gasteiger partial charge in [0.2, 0.25) is 0 Å². The van der Waals surface area contributed by atoms with Crippen LogP contribution >= 0.6 is 0 Å². The summed E-state index contributed by atoms with van der Waals surface area (Å²) in [4.78, 5) is 13.6. The highest BCUT2D eigenvalue weighted by molar-refractivity contribution is 5.70. The number of rotatable bonds is 4. The van der Waals surface area contributed by atoms with Crippen molar-refractivity contribution in [2.75, 3.05) is 13.2 Å². The van der Waals surface area contributed by atoms with E-state index in [0.717, 1.165) is 6.42 Å². The Morgan fingerprint density at radius 3 is 2.41 bits per heavy atom. The van der Waals surface area contributed by atoms with Gasteiger partial charge in [0.25, 0.3) is 0 Å². The van der Waals surface area contributed by atoms with Gasteiger partial charge in [0.05, 0.1) is 6.54 Å². The normalized spacial score (nSPS) is 21.9. The third kappa shape index (κ3) is 3.87. The summed E-state index contributed by atoms with van der Waals surface area (Å²) < 4.78 is 5.24. The molecule has 0 aromatic rings. The first-order valence-corrected chi connectivity index (χ1v) is 6.25. The second-order valence-corrected chi connectivity index (χ2v) is 6.68. The maximum Gasteiger partial charge on any atom is 0.410 e. The summed E-state index contributed by atoms with van der Waals surface area (Å²) >= 11 is 0. The van der Waals surface area contributed by atoms with Crippen molar-refractivity contribution in [1.82, 2.24) is 4.90 Å². The number of ether oxygens (including phenoxy) is 1. The Morgan fingerprint density at radius 1 is 1.35 bits per heavy atom. The first-order chi connectivity index (χ1) is 7.65. The Labute approximate surface area is 104 Å². The number of aliphatic hydroxyl groups is 1. The fourth-order valence-electron chi connectivity index (χ4n) is 2.70. The predicted molar refractivity (Wildman–Crippen MR) is 66.8 cm³/mol. The molecule has 0 saturated carbocycles. The van der Waals surface area contributed by atoms with Crippen LogP contribution in [0.15, 0.2) is 0 Å². The number of hydrogen-bond acceptors (Lipinski definition) is 3. The van der Waals surface area contributed by atoms with Gasteiger partial charge in [0.1, 0.15) is 6.10 Å². The van der Waals surface area contributed by atoms with Gasteiger partial charge in [-0.3, -0.25) is 4.90 Å². The van der Waals surface area contributed by atoms with Crippen LogP contribution in [0.2, 0.25) is 0 Å². The largest absolute Gasteiger partial charge is 0.444 e. The van der Waals surface area contributed by atoms with E-state index < -0.39 is 0 Å². The van der Waals surface area contributed by atoms with Crippen molar-refractivity contribution < 1.29 is 14.6 Å². The van der Waals surface area contributed by atoms with Crippen molar-refractivity contribution in [2.24, 2.45) is 5.41 Å². The van der Waals surface area contributed by atoms with E-state index in [2.05, 4.69) is 34.6 Å². The molecule has 100 valence electrons. The van der Waals surface area contributed by atoms with Crippen LogP contribution in [0, 0.1) is 5.41 Å². The van der Waals surface area contributed by atoms with Crippen LogP contribution < -0.4 is 0 Å². The molecule has 1 aliphatic heterocycles. The zero-order chi connectivity index (χ0) is 13.3. The molecule has 0 aromatic carbocycles. The van der Waals surface area contributed by atoms with Crippen molar-refractivity contribution in [1.29, 1.82) is 0 Å². The molecular weight excluding hydrogens is 218 g/mol. The Bertz CT molecular complexity index is 281. The number of carbonyl (C=O) groups is 1. The highest BCUT2D eigenvalue weighted by Gasteiger charge is 2.41. The molecule has 1 fully saturated rings. The van der Waals surface area contributed by atoms with Crippen molar-refractivity contribution >= 4 is 6.09 Å². The van der Waals surface area contributed by atoms with Crippen LogP contribution in [0.3, 0.4) is 0 Å². The average Bonchev–Trinajstić information content (AvgIpc) is 2.43. The van der Waals surface area contributed by atoms with Crippen molar-refractivity contribution in [3.8, 4) is 0 Å². The number of nitrogens with zero attached hydrogens (tertiary/aromatic N) is 1. The van der Waals surface area contributed by atoms with Crippen molar-refractivity contribution in [3.05, 3.63) is 0 Å². The standard InChI is InChI=1S/C13H25NO3/c1-12(2,3)9-13(4,5)14-8-10(6-7-15)17-11(14)16/h10,15H,6-9H2,1-5H3. The second kappa shape index (κ2) is 4.84. The van der Waals surface area contributed by atoms with Crippen LogP contribution in [0.4, 0.5) is 4.79 Å². The lowest BCUT2D eigenvalue weighted by Gasteiger charge is -2.38. The second-order valence-electron chi connectivity index (χ2n) is 6.68. The molecule has 0 spiro atoms. The van der Waals surface area contributed by atoms with Gasteiger partial charge < -0.3 is 9.84 Å². The fraction of sp³-hybridized carbons (Fsp3) is 0.923. The molecule has 1 saturated heterocycles. The molecule has 4 heteroatoms. The molecular formula is C13H25NO3. The minimum Gasteiger partial charge on any atom is -0.444 e. The monoisotopic (exact) mass is 243 g/mol. The third-order valence-electron chi connectivity index (χ3n) is 3.02. The summed E-state index contributed by atoms with van der Waals surface area (Å²) in [5.74, 6) is 0. The van der Waals surface area contributed by atoms with Crippen LogP contribution in [0.25, 0.3) is 0 Å². The molecule has 4 nitrogen and oxygen atoms in total. The molecule has 1 heterocycles. The number of cyclic esters (lactones) is 1. The zero-order valence-electron chi connectivity index (χ0n) is 11.6. The van der Waals surface area contributed by atoms with E-state index in [-0.39, 0.29) is 29.8 Å². The van der Waals surface area contributed by atoms with E-state index >= 15 is 0 Å². The molecule has 0 radical (unpaired) electrons. The number of carbonyl (C=O) groups excluding carboxylic acids is 1. The molecule has 0 aromatic heterocycles. The summed E-state index contributed by atoms with van der Waals surface area (Å²) in [7, 11) is 0. The molecule has 1 unspecified atom stereocenters. The van der Waals surface area contributed by atoms with Gasteiger partial charge in [-0.15, -0.1) is 0 Å². The Morgan fingerprint density at radius 2 is 1.94 bits per heavy atom. The topological polar surface area (TPSA) is 49.8 Å². The number of amides is 1. The summed E-state index contributed by atoms with van der Waals surface area (Å²) in [6.07, 6.45) is 1.03. The van der Waals surface area contributed by atoms with Gasteiger partial charge in [-0.25, -0.2) is 4.79 Å². The van der Waals surface area contributed by atoms with E-state index in [1.807, 2.05) is 0 Å². The number of aliphatic hydroxyl groups excluding tert-OH is 1. The Balaban J connectivity index is 2.69.